The minimum Gasteiger partial charge on any atom is -0.489 e. The molecule has 0 amide bonds. The third-order valence-electron chi connectivity index (χ3n) is 6.23. The molecule has 6 rings (SSSR count). The minimum absolute atomic E-state index is 0.191. The van der Waals surface area contributed by atoms with E-state index in [0.717, 1.165) is 41.2 Å². The Hall–Kier alpha value is -3.17. The van der Waals surface area contributed by atoms with Gasteiger partial charge in [0, 0.05) is 42.1 Å². The van der Waals surface area contributed by atoms with Crippen LogP contribution < -0.4 is 20.9 Å². The Morgan fingerprint density at radius 1 is 1.26 bits per heavy atom. The SMILES string of the molecule is Cc1cccc2c1N1CCN(Cn3c(=O)[nH]c4c(sc5ccncc54)c3=O)CC1CO2. The van der Waals surface area contributed by atoms with Crippen molar-refractivity contribution in [1.82, 2.24) is 19.4 Å². The summed E-state index contributed by atoms with van der Waals surface area (Å²) in [5.41, 5.74) is 2.31. The maximum atomic E-state index is 13.2. The zero-order chi connectivity index (χ0) is 21.1. The summed E-state index contributed by atoms with van der Waals surface area (Å²) in [6, 6.07) is 8.19. The summed E-state index contributed by atoms with van der Waals surface area (Å²) in [6.07, 6.45) is 3.38. The Morgan fingerprint density at radius 3 is 3.06 bits per heavy atom. The highest BCUT2D eigenvalue weighted by molar-refractivity contribution is 7.25. The number of fused-ring (bicyclic) bond motifs is 6. The molecule has 1 unspecified atom stereocenters. The van der Waals surface area contributed by atoms with Crippen molar-refractivity contribution in [1.29, 1.82) is 0 Å². The van der Waals surface area contributed by atoms with E-state index in [2.05, 4.69) is 32.8 Å². The van der Waals surface area contributed by atoms with E-state index in [0.29, 0.717) is 16.8 Å². The summed E-state index contributed by atoms with van der Waals surface area (Å²) in [7, 11) is 0. The lowest BCUT2D eigenvalue weighted by molar-refractivity contribution is 0.137. The lowest BCUT2D eigenvalue weighted by Crippen LogP contribution is -2.58. The number of aryl methyl sites for hydroxylation is 1. The maximum absolute atomic E-state index is 13.2. The molecule has 0 saturated carbocycles. The number of anilines is 1. The van der Waals surface area contributed by atoms with E-state index in [1.54, 1.807) is 12.4 Å². The average Bonchev–Trinajstić information content (AvgIpc) is 3.15. The van der Waals surface area contributed by atoms with Crippen molar-refractivity contribution in [2.45, 2.75) is 19.6 Å². The molecule has 0 bridgehead atoms. The molecular formula is C22H21N5O3S. The first-order valence-corrected chi connectivity index (χ1v) is 11.1. The molecule has 8 nitrogen and oxygen atoms in total. The lowest BCUT2D eigenvalue weighted by Gasteiger charge is -2.46. The molecule has 2 aliphatic rings. The zero-order valence-corrected chi connectivity index (χ0v) is 17.8. The quantitative estimate of drug-likeness (QED) is 0.520. The summed E-state index contributed by atoms with van der Waals surface area (Å²) in [5.74, 6) is 0.932. The van der Waals surface area contributed by atoms with Crippen LogP contribution in [0.5, 0.6) is 5.75 Å². The fourth-order valence-electron chi connectivity index (χ4n) is 4.72. The first-order chi connectivity index (χ1) is 15.1. The number of nitrogens with one attached hydrogen (secondary N) is 1. The molecular weight excluding hydrogens is 414 g/mol. The van der Waals surface area contributed by atoms with Crippen LogP contribution in [0.4, 0.5) is 5.69 Å². The molecule has 9 heteroatoms. The zero-order valence-electron chi connectivity index (χ0n) is 17.0. The van der Waals surface area contributed by atoms with Crippen molar-refractivity contribution in [2.75, 3.05) is 31.1 Å². The molecule has 2 aliphatic heterocycles. The van der Waals surface area contributed by atoms with Crippen LogP contribution in [-0.2, 0) is 6.67 Å². The fourth-order valence-corrected chi connectivity index (χ4v) is 5.80. The number of hydrogen-bond donors (Lipinski definition) is 1. The highest BCUT2D eigenvalue weighted by Crippen LogP contribution is 2.37. The van der Waals surface area contributed by atoms with E-state index < -0.39 is 0 Å². The molecule has 31 heavy (non-hydrogen) atoms. The smallest absolute Gasteiger partial charge is 0.330 e. The van der Waals surface area contributed by atoms with E-state index in [-0.39, 0.29) is 24.0 Å². The van der Waals surface area contributed by atoms with Gasteiger partial charge in [0.05, 0.1) is 23.9 Å². The summed E-state index contributed by atoms with van der Waals surface area (Å²) in [6.45, 7) is 5.29. The number of hydrogen-bond acceptors (Lipinski definition) is 7. The number of aromatic amines is 1. The van der Waals surface area contributed by atoms with Crippen molar-refractivity contribution in [3.8, 4) is 5.75 Å². The van der Waals surface area contributed by atoms with E-state index in [4.69, 9.17) is 4.74 Å². The normalized spacial score (nSPS) is 18.7. The number of benzene rings is 1. The number of rotatable bonds is 2. The van der Waals surface area contributed by atoms with Crippen LogP contribution in [0.3, 0.4) is 0 Å². The van der Waals surface area contributed by atoms with Crippen LogP contribution in [0.1, 0.15) is 5.56 Å². The number of para-hydroxylation sites is 1. The van der Waals surface area contributed by atoms with Crippen LogP contribution in [0.2, 0.25) is 0 Å². The third kappa shape index (κ3) is 2.88. The number of H-pyrrole nitrogens is 1. The van der Waals surface area contributed by atoms with Gasteiger partial charge >= 0.3 is 5.69 Å². The first kappa shape index (κ1) is 18.6. The topological polar surface area (TPSA) is 83.5 Å². The van der Waals surface area contributed by atoms with Crippen molar-refractivity contribution in [3.05, 3.63) is 63.1 Å². The Morgan fingerprint density at radius 2 is 2.16 bits per heavy atom. The fraction of sp³-hybridized carbons (Fsp3) is 0.318. The molecule has 0 spiro atoms. The van der Waals surface area contributed by atoms with Crippen LogP contribution in [0.15, 0.2) is 46.2 Å². The first-order valence-electron chi connectivity index (χ1n) is 10.3. The van der Waals surface area contributed by atoms with Gasteiger partial charge in [-0.3, -0.25) is 14.7 Å². The second-order valence-corrected chi connectivity index (χ2v) is 9.19. The highest BCUT2D eigenvalue weighted by atomic mass is 32.1. The molecule has 1 aromatic carbocycles. The lowest BCUT2D eigenvalue weighted by atomic mass is 10.1. The Bertz CT molecular complexity index is 1440. The number of nitrogens with zero attached hydrogens (tertiary/aromatic N) is 4. The molecule has 3 aromatic heterocycles. The number of pyridine rings is 1. The predicted octanol–water partition coefficient (Wildman–Crippen LogP) is 2.15. The van der Waals surface area contributed by atoms with Gasteiger partial charge in [0.25, 0.3) is 5.56 Å². The highest BCUT2D eigenvalue weighted by Gasteiger charge is 2.34. The Kier molecular flexibility index (Phi) is 4.15. The van der Waals surface area contributed by atoms with Crippen LogP contribution in [0, 0.1) is 6.92 Å². The van der Waals surface area contributed by atoms with Gasteiger partial charge in [-0.1, -0.05) is 12.1 Å². The molecule has 1 N–H and O–H groups in total. The van der Waals surface area contributed by atoms with Crippen LogP contribution >= 0.6 is 11.3 Å². The van der Waals surface area contributed by atoms with Crippen molar-refractivity contribution < 1.29 is 4.74 Å². The van der Waals surface area contributed by atoms with Gasteiger partial charge in [-0.2, -0.15) is 0 Å². The van der Waals surface area contributed by atoms with Gasteiger partial charge in [-0.25, -0.2) is 9.36 Å². The largest absolute Gasteiger partial charge is 0.489 e. The predicted molar refractivity (Wildman–Crippen MR) is 121 cm³/mol. The molecule has 158 valence electrons. The van der Waals surface area contributed by atoms with Crippen molar-refractivity contribution >= 4 is 37.3 Å². The van der Waals surface area contributed by atoms with E-state index in [1.807, 2.05) is 18.2 Å². The van der Waals surface area contributed by atoms with Gasteiger partial charge in [0.15, 0.2) is 0 Å². The van der Waals surface area contributed by atoms with Gasteiger partial charge in [0.2, 0.25) is 0 Å². The van der Waals surface area contributed by atoms with E-state index in [9.17, 15) is 9.59 Å². The van der Waals surface area contributed by atoms with Gasteiger partial charge in [-0.15, -0.1) is 11.3 Å². The number of aromatic nitrogens is 3. The molecule has 4 aromatic rings. The molecule has 1 saturated heterocycles. The average molecular weight is 436 g/mol. The van der Waals surface area contributed by atoms with E-state index in [1.165, 1.54) is 21.5 Å². The van der Waals surface area contributed by atoms with Crippen molar-refractivity contribution in [3.63, 3.8) is 0 Å². The minimum atomic E-state index is -0.385. The third-order valence-corrected chi connectivity index (χ3v) is 7.39. The van der Waals surface area contributed by atoms with Gasteiger partial charge in [0.1, 0.15) is 17.1 Å². The summed E-state index contributed by atoms with van der Waals surface area (Å²) >= 11 is 1.40. The maximum Gasteiger partial charge on any atom is 0.330 e. The number of ether oxygens (including phenoxy) is 1. The van der Waals surface area contributed by atoms with E-state index >= 15 is 0 Å². The molecule has 1 fully saturated rings. The Balaban J connectivity index is 1.31. The van der Waals surface area contributed by atoms with Gasteiger partial charge in [-0.05, 0) is 24.6 Å². The van der Waals surface area contributed by atoms with Gasteiger partial charge < -0.3 is 14.6 Å². The summed E-state index contributed by atoms with van der Waals surface area (Å²) in [5, 5.41) is 0.811. The van der Waals surface area contributed by atoms with Crippen LogP contribution in [-0.4, -0.2) is 51.7 Å². The monoisotopic (exact) mass is 435 g/mol. The standard InChI is InChI=1S/C22H21N5O3S/c1-13-3-2-4-16-19(13)26-8-7-25(10-14(26)11-30-16)12-27-21(28)20-18(24-22(27)29)15-9-23-6-5-17(15)31-20/h2-6,9,14H,7-8,10-12H2,1H3,(H,24,29). The molecule has 1 atom stereocenters. The second kappa shape index (κ2) is 6.93. The molecule has 0 radical (unpaired) electrons. The molecule has 5 heterocycles. The number of piperazine rings is 1. The molecule has 0 aliphatic carbocycles. The Labute approximate surface area is 181 Å². The summed E-state index contributed by atoms with van der Waals surface area (Å²) in [4.78, 5) is 37.5. The second-order valence-electron chi connectivity index (χ2n) is 8.14. The van der Waals surface area contributed by atoms with Crippen LogP contribution in [0.25, 0.3) is 20.3 Å². The van der Waals surface area contributed by atoms with Crippen molar-refractivity contribution in [2.24, 2.45) is 0 Å². The number of thiophene rings is 1. The summed E-state index contributed by atoms with van der Waals surface area (Å²) < 4.78 is 8.82.